The van der Waals surface area contributed by atoms with Gasteiger partial charge in [0, 0.05) is 19.1 Å². The fraction of sp³-hybridized carbons (Fsp3) is 0.579. The summed E-state index contributed by atoms with van der Waals surface area (Å²) in [6.45, 7) is 2.52. The Kier molecular flexibility index (Phi) is 5.58. The molecule has 25 heavy (non-hydrogen) atoms. The van der Waals surface area contributed by atoms with Crippen molar-refractivity contribution in [2.24, 2.45) is 11.7 Å². The van der Waals surface area contributed by atoms with Crippen molar-refractivity contribution in [3.8, 4) is 5.75 Å². The number of benzene rings is 1. The summed E-state index contributed by atoms with van der Waals surface area (Å²) in [5.41, 5.74) is 6.64. The second-order valence-electron chi connectivity index (χ2n) is 6.98. The monoisotopic (exact) mass is 345 g/mol. The second kappa shape index (κ2) is 7.87. The summed E-state index contributed by atoms with van der Waals surface area (Å²) >= 11 is 0. The van der Waals surface area contributed by atoms with Gasteiger partial charge in [0.15, 0.2) is 0 Å². The van der Waals surface area contributed by atoms with Crippen LogP contribution in [0.2, 0.25) is 0 Å². The van der Waals surface area contributed by atoms with Crippen LogP contribution in [0.1, 0.15) is 37.3 Å². The van der Waals surface area contributed by atoms with E-state index in [2.05, 4.69) is 17.0 Å². The number of nitrogens with two attached hydrogens (primary N) is 1. The summed E-state index contributed by atoms with van der Waals surface area (Å²) < 4.78 is 5.22. The van der Waals surface area contributed by atoms with Gasteiger partial charge in [-0.1, -0.05) is 12.1 Å². The summed E-state index contributed by atoms with van der Waals surface area (Å²) in [5.74, 6) is 0.449. The molecular weight excluding hydrogens is 318 g/mol. The Morgan fingerprint density at radius 1 is 1.16 bits per heavy atom. The summed E-state index contributed by atoms with van der Waals surface area (Å²) in [4.78, 5) is 28.2. The molecule has 2 N–H and O–H groups in total. The summed E-state index contributed by atoms with van der Waals surface area (Å²) in [7, 11) is 1.66. The number of piperidine rings is 1. The first-order chi connectivity index (χ1) is 12.1. The lowest BCUT2D eigenvalue weighted by Crippen LogP contribution is -2.47. The third-order valence-electron chi connectivity index (χ3n) is 5.38. The normalized spacial score (nSPS) is 24.3. The zero-order chi connectivity index (χ0) is 17.8. The highest BCUT2D eigenvalue weighted by Gasteiger charge is 2.31. The van der Waals surface area contributed by atoms with Crippen LogP contribution >= 0.6 is 0 Å². The number of hydrogen-bond donors (Lipinski definition) is 1. The fourth-order valence-electron chi connectivity index (χ4n) is 3.93. The Morgan fingerprint density at radius 2 is 1.88 bits per heavy atom. The number of primary amides is 1. The molecule has 0 aliphatic carbocycles. The minimum atomic E-state index is -0.296. The highest BCUT2D eigenvalue weighted by molar-refractivity contribution is 5.81. The number of methoxy groups -OCH3 is 1. The quantitative estimate of drug-likeness (QED) is 0.879. The van der Waals surface area contributed by atoms with E-state index in [0.717, 1.165) is 44.5 Å². The third-order valence-corrected chi connectivity index (χ3v) is 5.38. The van der Waals surface area contributed by atoms with Crippen LogP contribution in [-0.2, 0) is 9.59 Å². The molecule has 0 radical (unpaired) electrons. The molecule has 6 nitrogen and oxygen atoms in total. The summed E-state index contributed by atoms with van der Waals surface area (Å²) in [6.07, 6.45) is 3.79. The van der Waals surface area contributed by atoms with E-state index in [-0.39, 0.29) is 23.8 Å². The maximum absolute atomic E-state index is 12.7. The average Bonchev–Trinajstić information content (AvgIpc) is 3.10. The van der Waals surface area contributed by atoms with Crippen molar-refractivity contribution in [1.29, 1.82) is 0 Å². The van der Waals surface area contributed by atoms with Crippen LogP contribution < -0.4 is 10.5 Å². The number of nitrogens with zero attached hydrogens (tertiary/aromatic N) is 2. The van der Waals surface area contributed by atoms with Crippen LogP contribution in [0.25, 0.3) is 0 Å². The van der Waals surface area contributed by atoms with Crippen molar-refractivity contribution in [2.75, 3.05) is 33.3 Å². The number of hydrogen-bond acceptors (Lipinski definition) is 4. The lowest BCUT2D eigenvalue weighted by molar-refractivity contribution is -0.136. The molecule has 0 saturated carbocycles. The molecule has 3 rings (SSSR count). The Bertz CT molecular complexity index is 617. The molecular formula is C19H27N3O3. The molecule has 0 aromatic heterocycles. The van der Waals surface area contributed by atoms with E-state index in [1.54, 1.807) is 7.11 Å². The van der Waals surface area contributed by atoms with Gasteiger partial charge in [-0.25, -0.2) is 0 Å². The van der Waals surface area contributed by atoms with Crippen LogP contribution in [-0.4, -0.2) is 54.9 Å². The predicted molar refractivity (Wildman–Crippen MR) is 95.0 cm³/mol. The Hall–Kier alpha value is -2.08. The molecule has 1 aromatic rings. The van der Waals surface area contributed by atoms with Gasteiger partial charge in [0.25, 0.3) is 0 Å². The average molecular weight is 345 g/mol. The van der Waals surface area contributed by atoms with E-state index in [1.807, 2.05) is 17.0 Å². The van der Waals surface area contributed by atoms with Gasteiger partial charge in [0.05, 0.1) is 19.6 Å². The van der Waals surface area contributed by atoms with Crippen molar-refractivity contribution < 1.29 is 14.3 Å². The molecule has 2 aliphatic rings. The van der Waals surface area contributed by atoms with Gasteiger partial charge < -0.3 is 15.4 Å². The topological polar surface area (TPSA) is 75.9 Å². The lowest BCUT2D eigenvalue weighted by atomic mass is 9.97. The van der Waals surface area contributed by atoms with Crippen molar-refractivity contribution in [3.63, 3.8) is 0 Å². The zero-order valence-electron chi connectivity index (χ0n) is 14.8. The third kappa shape index (κ3) is 4.12. The molecule has 2 fully saturated rings. The number of carbonyl (C=O) groups is 2. The van der Waals surface area contributed by atoms with Gasteiger partial charge in [-0.15, -0.1) is 0 Å². The van der Waals surface area contributed by atoms with E-state index >= 15 is 0 Å². The van der Waals surface area contributed by atoms with Crippen molar-refractivity contribution >= 4 is 11.8 Å². The van der Waals surface area contributed by atoms with E-state index in [0.29, 0.717) is 13.1 Å². The van der Waals surface area contributed by atoms with Gasteiger partial charge in [-0.2, -0.15) is 0 Å². The molecule has 0 spiro atoms. The molecule has 2 aliphatic heterocycles. The largest absolute Gasteiger partial charge is 0.497 e. The van der Waals surface area contributed by atoms with E-state index in [9.17, 15) is 9.59 Å². The second-order valence-corrected chi connectivity index (χ2v) is 6.98. The smallest absolute Gasteiger partial charge is 0.236 e. The number of amides is 2. The lowest BCUT2D eigenvalue weighted by Gasteiger charge is -2.33. The Balaban J connectivity index is 1.62. The first-order valence-electron chi connectivity index (χ1n) is 9.03. The molecule has 6 heteroatoms. The molecule has 2 saturated heterocycles. The SMILES string of the molecule is COc1ccc(C2CCCN2CC(=O)N2CCCC(C(N)=O)C2)cc1. The van der Waals surface area contributed by atoms with Crippen LogP contribution in [0.5, 0.6) is 5.75 Å². The standard InChI is InChI=1S/C19H27N3O3/c1-25-16-8-6-14(7-9-16)17-5-3-10-21(17)13-18(23)22-11-2-4-15(12-22)19(20)24/h6-9,15,17H,2-5,10-13H2,1H3,(H2,20,24). The molecule has 0 bridgehead atoms. The molecule has 136 valence electrons. The number of rotatable bonds is 5. The fourth-order valence-corrected chi connectivity index (χ4v) is 3.93. The number of ether oxygens (including phenoxy) is 1. The van der Waals surface area contributed by atoms with Crippen molar-refractivity contribution in [3.05, 3.63) is 29.8 Å². The van der Waals surface area contributed by atoms with Gasteiger partial charge in [-0.3, -0.25) is 14.5 Å². The van der Waals surface area contributed by atoms with Crippen LogP contribution in [0, 0.1) is 5.92 Å². The minimum absolute atomic E-state index is 0.103. The van der Waals surface area contributed by atoms with Gasteiger partial charge in [0.1, 0.15) is 5.75 Å². The maximum Gasteiger partial charge on any atom is 0.236 e. The molecule has 2 unspecified atom stereocenters. The highest BCUT2D eigenvalue weighted by Crippen LogP contribution is 2.32. The first kappa shape index (κ1) is 17.7. The van der Waals surface area contributed by atoms with Gasteiger partial charge in [0.2, 0.25) is 11.8 Å². The van der Waals surface area contributed by atoms with E-state index < -0.39 is 0 Å². The summed E-state index contributed by atoms with van der Waals surface area (Å²) in [6, 6.07) is 8.37. The van der Waals surface area contributed by atoms with Gasteiger partial charge in [-0.05, 0) is 49.9 Å². The molecule has 1 aromatic carbocycles. The van der Waals surface area contributed by atoms with E-state index in [4.69, 9.17) is 10.5 Å². The molecule has 2 heterocycles. The maximum atomic E-state index is 12.7. The van der Waals surface area contributed by atoms with Crippen LogP contribution in [0.15, 0.2) is 24.3 Å². The van der Waals surface area contributed by atoms with Gasteiger partial charge >= 0.3 is 0 Å². The Morgan fingerprint density at radius 3 is 2.56 bits per heavy atom. The van der Waals surface area contributed by atoms with E-state index in [1.165, 1.54) is 5.56 Å². The minimum Gasteiger partial charge on any atom is -0.497 e. The van der Waals surface area contributed by atoms with Crippen LogP contribution in [0.3, 0.4) is 0 Å². The zero-order valence-corrected chi connectivity index (χ0v) is 14.8. The van der Waals surface area contributed by atoms with Crippen LogP contribution in [0.4, 0.5) is 0 Å². The number of likely N-dealkylation sites (tertiary alicyclic amines) is 2. The molecule has 2 amide bonds. The predicted octanol–water partition coefficient (Wildman–Crippen LogP) is 1.56. The highest BCUT2D eigenvalue weighted by atomic mass is 16.5. The van der Waals surface area contributed by atoms with Crippen molar-refractivity contribution in [1.82, 2.24) is 9.80 Å². The first-order valence-corrected chi connectivity index (χ1v) is 9.03. The van der Waals surface area contributed by atoms with Crippen molar-refractivity contribution in [2.45, 2.75) is 31.7 Å². The Labute approximate surface area is 148 Å². The summed E-state index contributed by atoms with van der Waals surface area (Å²) in [5, 5.41) is 0. The number of carbonyl (C=O) groups excluding carboxylic acids is 2. The molecule has 2 atom stereocenters.